The number of carbonyl (C=O) groups excluding carboxylic acids is 2. The predicted octanol–water partition coefficient (Wildman–Crippen LogP) is 1.99. The van der Waals surface area contributed by atoms with Gasteiger partial charge in [-0.2, -0.15) is 0 Å². The molecule has 0 spiro atoms. The Labute approximate surface area is 125 Å². The van der Waals surface area contributed by atoms with Crippen molar-refractivity contribution in [3.8, 4) is 0 Å². The summed E-state index contributed by atoms with van der Waals surface area (Å²) in [5, 5.41) is 8.78. The average molecular weight is 309 g/mol. The maximum absolute atomic E-state index is 12.2. The van der Waals surface area contributed by atoms with Gasteiger partial charge in [-0.3, -0.25) is 9.59 Å². The Hall–Kier alpha value is -2.02. The van der Waals surface area contributed by atoms with E-state index in [-0.39, 0.29) is 28.2 Å². The maximum atomic E-state index is 12.2. The van der Waals surface area contributed by atoms with Gasteiger partial charge in [-0.25, -0.2) is 4.79 Å². The number of carboxylic acids is 1. The lowest BCUT2D eigenvalue weighted by atomic mass is 10.2. The summed E-state index contributed by atoms with van der Waals surface area (Å²) in [4.78, 5) is 36.3. The molecule has 0 radical (unpaired) electrons. The van der Waals surface area contributed by atoms with E-state index in [2.05, 4.69) is 0 Å². The number of thioether (sulfide) groups is 1. The highest BCUT2D eigenvalue weighted by atomic mass is 32.2. The van der Waals surface area contributed by atoms with Gasteiger partial charge in [-0.05, 0) is 18.6 Å². The van der Waals surface area contributed by atoms with E-state index in [1.54, 1.807) is 19.1 Å². The lowest BCUT2D eigenvalue weighted by Crippen LogP contribution is -2.36. The Morgan fingerprint density at radius 1 is 1.48 bits per heavy atom. The van der Waals surface area contributed by atoms with E-state index in [0.717, 1.165) is 11.8 Å². The minimum Gasteiger partial charge on any atom is -0.477 e. The highest BCUT2D eigenvalue weighted by molar-refractivity contribution is 8.14. The fourth-order valence-corrected chi connectivity index (χ4v) is 2.80. The molecule has 1 amide bonds. The van der Waals surface area contributed by atoms with E-state index in [1.165, 1.54) is 17.2 Å². The van der Waals surface area contributed by atoms with E-state index in [9.17, 15) is 14.4 Å². The third-order valence-corrected chi connectivity index (χ3v) is 4.20. The first-order valence-electron chi connectivity index (χ1n) is 6.46. The molecule has 1 unspecified atom stereocenters. The number of nitrogens with zero attached hydrogens (tertiary/aromatic N) is 1. The average Bonchev–Trinajstić information content (AvgIpc) is 3.13. The topological polar surface area (TPSA) is 87.8 Å². The molecule has 112 valence electrons. The molecule has 6 nitrogen and oxygen atoms in total. The van der Waals surface area contributed by atoms with Gasteiger partial charge < -0.3 is 14.4 Å². The van der Waals surface area contributed by atoms with Gasteiger partial charge in [-0.15, -0.1) is 0 Å². The molecule has 0 fully saturated rings. The van der Waals surface area contributed by atoms with Crippen LogP contribution in [0, 0.1) is 5.92 Å². The monoisotopic (exact) mass is 309 g/mol. The van der Waals surface area contributed by atoms with Crippen LogP contribution in [0.5, 0.6) is 0 Å². The second-order valence-corrected chi connectivity index (χ2v) is 5.64. The summed E-state index contributed by atoms with van der Waals surface area (Å²) in [5.41, 5.74) is 0.0224. The third-order valence-electron chi connectivity index (χ3n) is 3.07. The summed E-state index contributed by atoms with van der Waals surface area (Å²) in [7, 11) is 0. The zero-order valence-electron chi connectivity index (χ0n) is 11.4. The van der Waals surface area contributed by atoms with Crippen LogP contribution in [0.4, 0.5) is 0 Å². The summed E-state index contributed by atoms with van der Waals surface area (Å²) in [6.45, 7) is 2.06. The normalized spacial score (nSPS) is 15.7. The number of hydrogen-bond donors (Lipinski definition) is 1. The van der Waals surface area contributed by atoms with Gasteiger partial charge in [0.1, 0.15) is 5.70 Å². The number of aliphatic carboxylic acids is 1. The van der Waals surface area contributed by atoms with Crippen molar-refractivity contribution in [3.63, 3.8) is 0 Å². The van der Waals surface area contributed by atoms with Crippen molar-refractivity contribution in [1.82, 2.24) is 4.90 Å². The Morgan fingerprint density at radius 2 is 2.24 bits per heavy atom. The van der Waals surface area contributed by atoms with Gasteiger partial charge >= 0.3 is 5.97 Å². The van der Waals surface area contributed by atoms with Crippen LogP contribution < -0.4 is 0 Å². The fourth-order valence-electron chi connectivity index (χ4n) is 2.00. The molecule has 1 aliphatic rings. The Kier molecular flexibility index (Phi) is 4.85. The molecule has 1 N–H and O–H groups in total. The summed E-state index contributed by atoms with van der Waals surface area (Å²) in [6, 6.07) is 3.18. The standard InChI is InChI=1S/C14H15NO5S/c1-9(8-21-14(19)11-5-3-7-20-11)12(16)15-6-2-4-10(15)13(17)18/h3-5,7,9H,2,6,8H2,1H3,(H,17,18). The Morgan fingerprint density at radius 3 is 2.86 bits per heavy atom. The molecule has 0 saturated heterocycles. The molecule has 0 saturated carbocycles. The van der Waals surface area contributed by atoms with Crippen molar-refractivity contribution in [2.24, 2.45) is 5.92 Å². The van der Waals surface area contributed by atoms with Crippen molar-refractivity contribution in [2.75, 3.05) is 12.3 Å². The van der Waals surface area contributed by atoms with Crippen molar-refractivity contribution < 1.29 is 23.9 Å². The van der Waals surface area contributed by atoms with E-state index in [1.807, 2.05) is 0 Å². The molecule has 0 aromatic carbocycles. The van der Waals surface area contributed by atoms with Crippen LogP contribution >= 0.6 is 11.8 Å². The first kappa shape index (κ1) is 15.4. The number of hydrogen-bond acceptors (Lipinski definition) is 5. The number of rotatable bonds is 5. The molecule has 1 aromatic heterocycles. The summed E-state index contributed by atoms with van der Waals surface area (Å²) < 4.78 is 4.98. The zero-order valence-corrected chi connectivity index (χ0v) is 12.3. The van der Waals surface area contributed by atoms with Crippen molar-refractivity contribution in [2.45, 2.75) is 13.3 Å². The summed E-state index contributed by atoms with van der Waals surface area (Å²) >= 11 is 0.992. The van der Waals surface area contributed by atoms with Gasteiger partial charge in [0.2, 0.25) is 5.91 Å². The van der Waals surface area contributed by atoms with Crippen molar-refractivity contribution in [3.05, 3.63) is 35.9 Å². The van der Waals surface area contributed by atoms with Crippen molar-refractivity contribution in [1.29, 1.82) is 0 Å². The molecule has 2 rings (SSSR count). The van der Waals surface area contributed by atoms with E-state index < -0.39 is 11.9 Å². The zero-order chi connectivity index (χ0) is 15.4. The third kappa shape index (κ3) is 3.55. The molecule has 2 heterocycles. The Balaban J connectivity index is 1.90. The minimum absolute atomic E-state index is 0.0224. The maximum Gasteiger partial charge on any atom is 0.352 e. The molecule has 21 heavy (non-hydrogen) atoms. The molecule has 0 bridgehead atoms. The number of carboxylic acid groups (broad SMARTS) is 1. The largest absolute Gasteiger partial charge is 0.477 e. The second kappa shape index (κ2) is 6.62. The van der Waals surface area contributed by atoms with E-state index in [0.29, 0.717) is 13.0 Å². The molecule has 7 heteroatoms. The number of carbonyl (C=O) groups is 3. The minimum atomic E-state index is -1.10. The van der Waals surface area contributed by atoms with Crippen LogP contribution in [-0.4, -0.2) is 39.3 Å². The summed E-state index contributed by atoms with van der Waals surface area (Å²) in [5.74, 6) is -1.31. The van der Waals surface area contributed by atoms with Crippen LogP contribution in [0.2, 0.25) is 0 Å². The van der Waals surface area contributed by atoms with E-state index >= 15 is 0 Å². The van der Waals surface area contributed by atoms with Crippen LogP contribution in [0.25, 0.3) is 0 Å². The molecule has 1 atom stereocenters. The van der Waals surface area contributed by atoms with Crippen molar-refractivity contribution >= 4 is 28.8 Å². The molecule has 1 aromatic rings. The first-order chi connectivity index (χ1) is 10.0. The van der Waals surface area contributed by atoms with Crippen LogP contribution in [0.1, 0.15) is 23.9 Å². The van der Waals surface area contributed by atoms with Crippen LogP contribution in [-0.2, 0) is 9.59 Å². The quantitative estimate of drug-likeness (QED) is 0.895. The van der Waals surface area contributed by atoms with Gasteiger partial charge in [0.15, 0.2) is 5.76 Å². The fraction of sp³-hybridized carbons (Fsp3) is 0.357. The smallest absolute Gasteiger partial charge is 0.352 e. The summed E-state index contributed by atoms with van der Waals surface area (Å²) in [6.07, 6.45) is 3.49. The number of amides is 1. The predicted molar refractivity (Wildman–Crippen MR) is 76.7 cm³/mol. The Bertz CT molecular complexity index is 578. The van der Waals surface area contributed by atoms with Gasteiger partial charge in [-0.1, -0.05) is 24.8 Å². The molecular weight excluding hydrogens is 294 g/mol. The van der Waals surface area contributed by atoms with Gasteiger partial charge in [0, 0.05) is 18.2 Å². The van der Waals surface area contributed by atoms with Crippen LogP contribution in [0.15, 0.2) is 34.6 Å². The first-order valence-corrected chi connectivity index (χ1v) is 7.44. The van der Waals surface area contributed by atoms with Gasteiger partial charge in [0.05, 0.1) is 6.26 Å². The highest BCUT2D eigenvalue weighted by Crippen LogP contribution is 2.22. The van der Waals surface area contributed by atoms with Gasteiger partial charge in [0.25, 0.3) is 5.12 Å². The lowest BCUT2D eigenvalue weighted by Gasteiger charge is -2.21. The second-order valence-electron chi connectivity index (χ2n) is 4.65. The van der Waals surface area contributed by atoms with Crippen LogP contribution in [0.3, 0.4) is 0 Å². The highest BCUT2D eigenvalue weighted by Gasteiger charge is 2.30. The molecule has 1 aliphatic heterocycles. The van der Waals surface area contributed by atoms with E-state index in [4.69, 9.17) is 9.52 Å². The molecular formula is C14H15NO5S. The molecule has 0 aliphatic carbocycles. The lowest BCUT2D eigenvalue weighted by molar-refractivity contribution is -0.140. The SMILES string of the molecule is CC(CSC(=O)c1ccco1)C(=O)N1CCC=C1C(=O)O. The number of furan rings is 1.